The zero-order chi connectivity index (χ0) is 13.0. The molecule has 0 aromatic heterocycles. The van der Waals surface area contributed by atoms with Crippen LogP contribution < -0.4 is 0 Å². The third kappa shape index (κ3) is 4.81. The molecular weight excluding hydrogens is 228 g/mol. The van der Waals surface area contributed by atoms with Crippen molar-refractivity contribution in [2.45, 2.75) is 18.9 Å². The van der Waals surface area contributed by atoms with Gasteiger partial charge in [-0.25, -0.2) is 0 Å². The van der Waals surface area contributed by atoms with Crippen LogP contribution in [0.15, 0.2) is 0 Å². The maximum atomic E-state index is 11.7. The first kappa shape index (κ1) is 13.4. The van der Waals surface area contributed by atoms with E-state index in [0.717, 1.165) is 17.7 Å². The summed E-state index contributed by atoms with van der Waals surface area (Å²) in [5.41, 5.74) is 0. The van der Waals surface area contributed by atoms with Crippen LogP contribution in [0.3, 0.4) is 0 Å². The first-order valence-electron chi connectivity index (χ1n) is 5.31. The van der Waals surface area contributed by atoms with Crippen molar-refractivity contribution in [3.63, 3.8) is 0 Å². The number of carboxylic acids is 2. The molecule has 0 atom stereocenters. The Morgan fingerprint density at radius 3 is 1.88 bits per heavy atom. The summed E-state index contributed by atoms with van der Waals surface area (Å²) in [6, 6.07) is 0.235. The van der Waals surface area contributed by atoms with Crippen LogP contribution in [0.2, 0.25) is 0 Å². The number of carbonyl (C=O) groups excluding carboxylic acids is 1. The SMILES string of the molecule is CN(C(=O)CN(CC(=O)O)CC(=O)O)C1CC1. The first-order valence-corrected chi connectivity index (χ1v) is 5.31. The summed E-state index contributed by atoms with van der Waals surface area (Å²) in [6.45, 7) is -1.07. The van der Waals surface area contributed by atoms with Crippen molar-refractivity contribution in [3.05, 3.63) is 0 Å². The van der Waals surface area contributed by atoms with Crippen molar-refractivity contribution in [2.24, 2.45) is 0 Å². The van der Waals surface area contributed by atoms with Gasteiger partial charge in [-0.2, -0.15) is 0 Å². The summed E-state index contributed by atoms with van der Waals surface area (Å²) >= 11 is 0. The molecule has 0 radical (unpaired) electrons. The maximum absolute atomic E-state index is 11.7. The van der Waals surface area contributed by atoms with Gasteiger partial charge >= 0.3 is 11.9 Å². The second-order valence-corrected chi connectivity index (χ2v) is 4.17. The number of nitrogens with zero attached hydrogens (tertiary/aromatic N) is 2. The molecule has 7 nitrogen and oxygen atoms in total. The van der Waals surface area contributed by atoms with E-state index < -0.39 is 25.0 Å². The minimum absolute atomic E-state index is 0.175. The average molecular weight is 244 g/mol. The van der Waals surface area contributed by atoms with Gasteiger partial charge in [0.25, 0.3) is 0 Å². The number of aliphatic carboxylic acids is 2. The van der Waals surface area contributed by atoms with Crippen LogP contribution in [-0.2, 0) is 14.4 Å². The third-order valence-electron chi connectivity index (χ3n) is 2.56. The summed E-state index contributed by atoms with van der Waals surface area (Å²) in [7, 11) is 1.65. The van der Waals surface area contributed by atoms with Gasteiger partial charge in [0.2, 0.25) is 5.91 Å². The first-order chi connectivity index (χ1) is 7.90. The molecule has 1 fully saturated rings. The largest absolute Gasteiger partial charge is 0.480 e. The monoisotopic (exact) mass is 244 g/mol. The number of hydrogen-bond donors (Lipinski definition) is 2. The molecule has 2 N–H and O–H groups in total. The quantitative estimate of drug-likeness (QED) is 0.601. The highest BCUT2D eigenvalue weighted by Gasteiger charge is 2.30. The Labute approximate surface area is 98.6 Å². The molecule has 0 aromatic rings. The Morgan fingerprint density at radius 1 is 1.06 bits per heavy atom. The molecule has 0 bridgehead atoms. The molecule has 1 saturated carbocycles. The van der Waals surface area contributed by atoms with E-state index in [9.17, 15) is 14.4 Å². The molecule has 0 unspecified atom stereocenters. The van der Waals surface area contributed by atoms with Crippen molar-refractivity contribution < 1.29 is 24.6 Å². The molecule has 0 spiro atoms. The molecule has 96 valence electrons. The standard InChI is InChI=1S/C10H16N2O5/c1-11(7-2-3-7)8(13)4-12(5-9(14)15)6-10(16)17/h7H,2-6H2,1H3,(H,14,15)(H,16,17). The minimum atomic E-state index is -1.15. The number of carbonyl (C=O) groups is 3. The van der Waals surface area contributed by atoms with E-state index in [1.165, 1.54) is 0 Å². The lowest BCUT2D eigenvalue weighted by Gasteiger charge is -2.22. The average Bonchev–Trinajstić information content (AvgIpc) is 2.97. The number of likely N-dealkylation sites (N-methyl/N-ethyl adjacent to an activating group) is 1. The summed E-state index contributed by atoms with van der Waals surface area (Å²) in [6.07, 6.45) is 1.92. The van der Waals surface area contributed by atoms with Gasteiger partial charge in [0.15, 0.2) is 0 Å². The smallest absolute Gasteiger partial charge is 0.317 e. The molecule has 1 amide bonds. The third-order valence-corrected chi connectivity index (χ3v) is 2.56. The Bertz CT molecular complexity index is 311. The molecule has 0 aromatic carbocycles. The molecule has 1 aliphatic carbocycles. The van der Waals surface area contributed by atoms with Crippen molar-refractivity contribution in [1.29, 1.82) is 0 Å². The predicted octanol–water partition coefficient (Wildman–Crippen LogP) is -0.922. The second-order valence-electron chi connectivity index (χ2n) is 4.17. The molecule has 0 heterocycles. The second kappa shape index (κ2) is 5.62. The molecule has 1 aliphatic rings. The van der Waals surface area contributed by atoms with Gasteiger partial charge in [0, 0.05) is 13.1 Å². The Hall–Kier alpha value is -1.63. The van der Waals surface area contributed by atoms with Crippen molar-refractivity contribution in [3.8, 4) is 0 Å². The van der Waals surface area contributed by atoms with Crippen molar-refractivity contribution in [1.82, 2.24) is 9.80 Å². The van der Waals surface area contributed by atoms with Crippen LogP contribution in [0.1, 0.15) is 12.8 Å². The Balaban J connectivity index is 2.48. The predicted molar refractivity (Wildman–Crippen MR) is 57.5 cm³/mol. The van der Waals surface area contributed by atoms with Crippen LogP contribution in [-0.4, -0.2) is 70.6 Å². The van der Waals surface area contributed by atoms with E-state index in [-0.39, 0.29) is 18.5 Å². The van der Waals surface area contributed by atoms with E-state index in [4.69, 9.17) is 10.2 Å². The molecule has 0 aliphatic heterocycles. The van der Waals surface area contributed by atoms with E-state index in [1.54, 1.807) is 11.9 Å². The van der Waals surface area contributed by atoms with Crippen LogP contribution in [0, 0.1) is 0 Å². The molecule has 17 heavy (non-hydrogen) atoms. The topological polar surface area (TPSA) is 98.2 Å². The van der Waals surface area contributed by atoms with Gasteiger partial charge in [0.05, 0.1) is 19.6 Å². The van der Waals surface area contributed by atoms with E-state index in [1.807, 2.05) is 0 Å². The summed E-state index contributed by atoms with van der Waals surface area (Å²) in [4.78, 5) is 35.4. The fraction of sp³-hybridized carbons (Fsp3) is 0.700. The van der Waals surface area contributed by atoms with E-state index in [0.29, 0.717) is 0 Å². The highest BCUT2D eigenvalue weighted by Crippen LogP contribution is 2.25. The van der Waals surface area contributed by atoms with E-state index in [2.05, 4.69) is 0 Å². The number of carboxylic acid groups (broad SMARTS) is 2. The van der Waals surface area contributed by atoms with Gasteiger partial charge in [-0.05, 0) is 12.8 Å². The van der Waals surface area contributed by atoms with Crippen LogP contribution in [0.5, 0.6) is 0 Å². The minimum Gasteiger partial charge on any atom is -0.480 e. The lowest BCUT2D eigenvalue weighted by molar-refractivity contribution is -0.143. The Morgan fingerprint density at radius 2 is 1.53 bits per heavy atom. The fourth-order valence-electron chi connectivity index (χ4n) is 1.52. The fourth-order valence-corrected chi connectivity index (χ4v) is 1.52. The zero-order valence-electron chi connectivity index (χ0n) is 9.63. The van der Waals surface area contributed by atoms with Crippen molar-refractivity contribution >= 4 is 17.8 Å². The van der Waals surface area contributed by atoms with Gasteiger partial charge in [-0.15, -0.1) is 0 Å². The number of hydrogen-bond acceptors (Lipinski definition) is 4. The molecule has 0 saturated heterocycles. The van der Waals surface area contributed by atoms with Crippen LogP contribution >= 0.6 is 0 Å². The highest BCUT2D eigenvalue weighted by atomic mass is 16.4. The maximum Gasteiger partial charge on any atom is 0.317 e. The summed E-state index contributed by atoms with van der Waals surface area (Å²) in [5.74, 6) is -2.53. The lowest BCUT2D eigenvalue weighted by Crippen LogP contribution is -2.43. The molecular formula is C10H16N2O5. The van der Waals surface area contributed by atoms with Gasteiger partial charge in [0.1, 0.15) is 0 Å². The van der Waals surface area contributed by atoms with Crippen LogP contribution in [0.25, 0.3) is 0 Å². The Kier molecular flexibility index (Phi) is 4.45. The lowest BCUT2D eigenvalue weighted by atomic mass is 10.4. The van der Waals surface area contributed by atoms with Crippen molar-refractivity contribution in [2.75, 3.05) is 26.7 Å². The van der Waals surface area contributed by atoms with Crippen LogP contribution in [0.4, 0.5) is 0 Å². The normalized spacial score (nSPS) is 14.7. The van der Waals surface area contributed by atoms with Gasteiger partial charge in [-0.3, -0.25) is 19.3 Å². The summed E-state index contributed by atoms with van der Waals surface area (Å²) in [5, 5.41) is 17.2. The molecule has 7 heteroatoms. The van der Waals surface area contributed by atoms with Gasteiger partial charge in [-0.1, -0.05) is 0 Å². The number of amides is 1. The number of rotatable bonds is 7. The summed E-state index contributed by atoms with van der Waals surface area (Å²) < 4.78 is 0. The highest BCUT2D eigenvalue weighted by molar-refractivity contribution is 5.80. The molecule has 1 rings (SSSR count). The van der Waals surface area contributed by atoms with E-state index >= 15 is 0 Å². The zero-order valence-corrected chi connectivity index (χ0v) is 9.63. The van der Waals surface area contributed by atoms with Gasteiger partial charge < -0.3 is 15.1 Å².